The number of piperidine rings is 1. The van der Waals surface area contributed by atoms with E-state index in [2.05, 4.69) is 38.5 Å². The van der Waals surface area contributed by atoms with Crippen LogP contribution in [-0.2, 0) is 16.8 Å². The van der Waals surface area contributed by atoms with Gasteiger partial charge in [0, 0.05) is 29.1 Å². The monoisotopic (exact) mass is 410 g/mol. The van der Waals surface area contributed by atoms with Crippen molar-refractivity contribution in [3.8, 4) is 0 Å². The van der Waals surface area contributed by atoms with Crippen molar-refractivity contribution < 1.29 is 4.79 Å². The molecule has 5 nitrogen and oxygen atoms in total. The first-order valence-electron chi connectivity index (χ1n) is 8.02. The number of carbonyl (C=O) groups excluding carboxylic acids is 1. The fourth-order valence-corrected chi connectivity index (χ4v) is 4.07. The summed E-state index contributed by atoms with van der Waals surface area (Å²) >= 11 is 3.52. The van der Waals surface area contributed by atoms with Gasteiger partial charge in [0.05, 0.1) is 0 Å². The van der Waals surface area contributed by atoms with Crippen molar-refractivity contribution in [1.29, 1.82) is 0 Å². The SMILES string of the molecule is Cl.O=C(N1CCc2ccc(Br)cc21)C1(n2cccn2)CCNCC1. The van der Waals surface area contributed by atoms with E-state index in [1.54, 1.807) is 6.20 Å². The highest BCUT2D eigenvalue weighted by atomic mass is 79.9. The van der Waals surface area contributed by atoms with E-state index in [1.807, 2.05) is 27.9 Å². The number of nitrogens with one attached hydrogen (secondary N) is 1. The molecule has 7 heteroatoms. The van der Waals surface area contributed by atoms with E-state index in [0.29, 0.717) is 0 Å². The van der Waals surface area contributed by atoms with Crippen molar-refractivity contribution in [1.82, 2.24) is 15.1 Å². The van der Waals surface area contributed by atoms with Gasteiger partial charge in [0.1, 0.15) is 5.54 Å². The molecule has 1 saturated heterocycles. The van der Waals surface area contributed by atoms with E-state index < -0.39 is 5.54 Å². The number of benzene rings is 1. The average Bonchev–Trinajstić information content (AvgIpc) is 3.24. The van der Waals surface area contributed by atoms with Crippen molar-refractivity contribution in [3.05, 3.63) is 46.7 Å². The quantitative estimate of drug-likeness (QED) is 0.827. The first-order valence-corrected chi connectivity index (χ1v) is 8.81. The number of hydrogen-bond acceptors (Lipinski definition) is 3. The summed E-state index contributed by atoms with van der Waals surface area (Å²) in [6.07, 6.45) is 6.13. The molecule has 0 atom stereocenters. The van der Waals surface area contributed by atoms with Crippen LogP contribution in [-0.4, -0.2) is 35.3 Å². The molecule has 2 aromatic rings. The molecule has 0 saturated carbocycles. The lowest BCUT2D eigenvalue weighted by molar-refractivity contribution is -0.129. The number of fused-ring (bicyclic) bond motifs is 1. The summed E-state index contributed by atoms with van der Waals surface area (Å²) < 4.78 is 2.88. The van der Waals surface area contributed by atoms with Crippen LogP contribution in [0.25, 0.3) is 0 Å². The van der Waals surface area contributed by atoms with Crippen molar-refractivity contribution in [2.45, 2.75) is 24.8 Å². The molecule has 1 aromatic heterocycles. The summed E-state index contributed by atoms with van der Waals surface area (Å²) in [5.41, 5.74) is 1.71. The first kappa shape index (κ1) is 17.5. The lowest BCUT2D eigenvalue weighted by atomic mass is 9.86. The van der Waals surface area contributed by atoms with Crippen LogP contribution >= 0.6 is 28.3 Å². The maximum Gasteiger partial charge on any atom is 0.255 e. The molecule has 0 aliphatic carbocycles. The summed E-state index contributed by atoms with van der Waals surface area (Å²) in [6.45, 7) is 2.43. The summed E-state index contributed by atoms with van der Waals surface area (Å²) in [4.78, 5) is 15.5. The average molecular weight is 412 g/mol. The number of aromatic nitrogens is 2. The van der Waals surface area contributed by atoms with Gasteiger partial charge in [0.25, 0.3) is 5.91 Å². The van der Waals surface area contributed by atoms with Gasteiger partial charge < -0.3 is 10.2 Å². The van der Waals surface area contributed by atoms with Gasteiger partial charge in [0.15, 0.2) is 0 Å². The Morgan fingerprint density at radius 1 is 1.29 bits per heavy atom. The van der Waals surface area contributed by atoms with E-state index in [1.165, 1.54) is 5.56 Å². The molecule has 24 heavy (non-hydrogen) atoms. The van der Waals surface area contributed by atoms with E-state index in [9.17, 15) is 4.79 Å². The smallest absolute Gasteiger partial charge is 0.255 e. The Bertz CT molecular complexity index is 728. The molecule has 2 aliphatic heterocycles. The van der Waals surface area contributed by atoms with Crippen LogP contribution in [0.4, 0.5) is 5.69 Å². The van der Waals surface area contributed by atoms with Crippen LogP contribution in [0.15, 0.2) is 41.1 Å². The number of nitrogens with zero attached hydrogens (tertiary/aromatic N) is 3. The van der Waals surface area contributed by atoms with Crippen LogP contribution in [0.5, 0.6) is 0 Å². The van der Waals surface area contributed by atoms with Crippen molar-refractivity contribution in [3.63, 3.8) is 0 Å². The minimum atomic E-state index is -0.571. The normalized spacial score (nSPS) is 18.8. The summed E-state index contributed by atoms with van der Waals surface area (Å²) in [5.74, 6) is 0.166. The van der Waals surface area contributed by atoms with E-state index in [4.69, 9.17) is 0 Å². The lowest BCUT2D eigenvalue weighted by Gasteiger charge is -2.39. The topological polar surface area (TPSA) is 50.2 Å². The predicted octanol–water partition coefficient (Wildman–Crippen LogP) is 2.74. The van der Waals surface area contributed by atoms with Gasteiger partial charge in [-0.1, -0.05) is 22.0 Å². The zero-order chi connectivity index (χ0) is 15.9. The van der Waals surface area contributed by atoms with Gasteiger partial charge in [0.2, 0.25) is 0 Å². The number of amides is 1. The van der Waals surface area contributed by atoms with E-state index >= 15 is 0 Å². The van der Waals surface area contributed by atoms with E-state index in [-0.39, 0.29) is 18.3 Å². The molecule has 0 unspecified atom stereocenters. The maximum absolute atomic E-state index is 13.5. The third kappa shape index (κ3) is 2.76. The Morgan fingerprint density at radius 2 is 2.08 bits per heavy atom. The Morgan fingerprint density at radius 3 is 2.79 bits per heavy atom. The zero-order valence-electron chi connectivity index (χ0n) is 13.2. The van der Waals surface area contributed by atoms with Gasteiger partial charge in [-0.3, -0.25) is 9.48 Å². The highest BCUT2D eigenvalue weighted by Gasteiger charge is 2.46. The Labute approximate surface area is 155 Å². The van der Waals surface area contributed by atoms with Gasteiger partial charge in [-0.15, -0.1) is 12.4 Å². The molecule has 0 radical (unpaired) electrons. The first-order chi connectivity index (χ1) is 11.2. The Hall–Kier alpha value is -1.37. The van der Waals surface area contributed by atoms with E-state index in [0.717, 1.165) is 49.1 Å². The number of anilines is 1. The van der Waals surface area contributed by atoms with Crippen LogP contribution < -0.4 is 10.2 Å². The standard InChI is InChI=1S/C17H19BrN4O.ClH/c18-14-3-2-13-4-11-21(15(13)12-14)16(23)17(5-8-19-9-6-17)22-10-1-7-20-22;/h1-3,7,10,12,19H,4-6,8-9,11H2;1H. The molecule has 4 rings (SSSR count). The van der Waals surface area contributed by atoms with Crippen molar-refractivity contribution in [2.24, 2.45) is 0 Å². The van der Waals surface area contributed by atoms with Gasteiger partial charge in [-0.05, 0) is 56.1 Å². The van der Waals surface area contributed by atoms with Crippen LogP contribution in [0.3, 0.4) is 0 Å². The number of hydrogen-bond donors (Lipinski definition) is 1. The molecule has 1 aromatic carbocycles. The molecular weight excluding hydrogens is 392 g/mol. The van der Waals surface area contributed by atoms with Crippen LogP contribution in [0.1, 0.15) is 18.4 Å². The van der Waals surface area contributed by atoms with Gasteiger partial charge in [-0.25, -0.2) is 0 Å². The fraction of sp³-hybridized carbons (Fsp3) is 0.412. The molecule has 2 aliphatic rings. The zero-order valence-corrected chi connectivity index (χ0v) is 15.6. The highest BCUT2D eigenvalue weighted by molar-refractivity contribution is 9.10. The Kier molecular flexibility index (Phi) is 4.99. The molecule has 3 heterocycles. The summed E-state index contributed by atoms with van der Waals surface area (Å²) in [6, 6.07) is 8.10. The van der Waals surface area contributed by atoms with Crippen molar-refractivity contribution >= 4 is 39.9 Å². The van der Waals surface area contributed by atoms with Gasteiger partial charge in [-0.2, -0.15) is 5.10 Å². The Balaban J connectivity index is 0.00000169. The molecule has 128 valence electrons. The third-order valence-corrected chi connectivity index (χ3v) is 5.45. The largest absolute Gasteiger partial charge is 0.317 e. The fourth-order valence-electron chi connectivity index (χ4n) is 3.72. The van der Waals surface area contributed by atoms with Crippen LogP contribution in [0.2, 0.25) is 0 Å². The lowest BCUT2D eigenvalue weighted by Crippen LogP contribution is -2.55. The van der Waals surface area contributed by atoms with Gasteiger partial charge >= 0.3 is 0 Å². The molecule has 0 bridgehead atoms. The summed E-state index contributed by atoms with van der Waals surface area (Å²) in [7, 11) is 0. The second kappa shape index (κ2) is 6.86. The van der Waals surface area contributed by atoms with Crippen LogP contribution in [0, 0.1) is 0 Å². The molecule has 1 fully saturated rings. The minimum absolute atomic E-state index is 0. The third-order valence-electron chi connectivity index (χ3n) is 4.96. The molecule has 0 spiro atoms. The number of rotatable bonds is 2. The molecule has 1 amide bonds. The molecular formula is C17H20BrClN4O. The summed E-state index contributed by atoms with van der Waals surface area (Å²) in [5, 5.41) is 7.77. The number of halogens is 2. The predicted molar refractivity (Wildman–Crippen MR) is 99.8 cm³/mol. The maximum atomic E-state index is 13.5. The second-order valence-electron chi connectivity index (χ2n) is 6.21. The van der Waals surface area contributed by atoms with Crippen molar-refractivity contribution in [2.75, 3.05) is 24.5 Å². The second-order valence-corrected chi connectivity index (χ2v) is 7.13. The minimum Gasteiger partial charge on any atom is -0.317 e. The number of carbonyl (C=O) groups is 1. The highest BCUT2D eigenvalue weighted by Crippen LogP contribution is 2.36. The molecule has 1 N–H and O–H groups in total.